The lowest BCUT2D eigenvalue weighted by atomic mass is 9.57. The van der Waals surface area contributed by atoms with Crippen molar-refractivity contribution in [2.75, 3.05) is 0 Å². The minimum Gasteiger partial charge on any atom is -0.207 e. The molecule has 92 valence electrons. The van der Waals surface area contributed by atoms with Gasteiger partial charge >= 0.3 is 0 Å². The minimum absolute atomic E-state index is 0.0750. The Hall–Kier alpha value is -0.850. The summed E-state index contributed by atoms with van der Waals surface area (Å²) in [5, 5.41) is 0. The summed E-state index contributed by atoms with van der Waals surface area (Å²) in [5.74, 6) is 0.606. The van der Waals surface area contributed by atoms with Crippen molar-refractivity contribution in [3.05, 3.63) is 35.1 Å². The van der Waals surface area contributed by atoms with Gasteiger partial charge in [0.1, 0.15) is 5.82 Å². The van der Waals surface area contributed by atoms with Gasteiger partial charge in [0.15, 0.2) is 0 Å². The number of halogens is 1. The summed E-state index contributed by atoms with van der Waals surface area (Å²) < 4.78 is 13.5. The third-order valence-corrected chi connectivity index (χ3v) is 5.34. The van der Waals surface area contributed by atoms with Crippen LogP contribution in [0.2, 0.25) is 0 Å². The Morgan fingerprint density at radius 2 is 1.94 bits per heavy atom. The average molecular weight is 232 g/mol. The second-order valence-electron chi connectivity index (χ2n) is 6.82. The second-order valence-corrected chi connectivity index (χ2v) is 6.82. The van der Waals surface area contributed by atoms with E-state index in [9.17, 15) is 4.39 Å². The molecule has 0 radical (unpaired) electrons. The summed E-state index contributed by atoms with van der Waals surface area (Å²) in [6, 6.07) is 5.41. The quantitative estimate of drug-likeness (QED) is 0.619. The molecule has 17 heavy (non-hydrogen) atoms. The molecule has 0 N–H and O–H groups in total. The molecule has 2 atom stereocenters. The molecule has 3 rings (SSSR count). The molecule has 1 saturated carbocycles. The zero-order chi connectivity index (χ0) is 12.3. The van der Waals surface area contributed by atoms with E-state index in [4.69, 9.17) is 0 Å². The maximum absolute atomic E-state index is 13.5. The van der Waals surface area contributed by atoms with Gasteiger partial charge < -0.3 is 0 Å². The molecule has 0 spiro atoms. The molecule has 0 aromatic heterocycles. The van der Waals surface area contributed by atoms with E-state index in [-0.39, 0.29) is 11.2 Å². The van der Waals surface area contributed by atoms with Gasteiger partial charge in [-0.05, 0) is 59.3 Å². The Bertz CT molecular complexity index is 461. The Balaban J connectivity index is 2.13. The number of hydrogen-bond acceptors (Lipinski definition) is 0. The van der Waals surface area contributed by atoms with Crippen molar-refractivity contribution >= 4 is 0 Å². The van der Waals surface area contributed by atoms with E-state index in [0.717, 1.165) is 6.42 Å². The van der Waals surface area contributed by atoms with Crippen LogP contribution in [0, 0.1) is 17.2 Å². The van der Waals surface area contributed by atoms with Crippen molar-refractivity contribution in [2.45, 2.75) is 51.9 Å². The average Bonchev–Trinajstić information content (AvgIpc) is 2.53. The Morgan fingerprint density at radius 3 is 2.71 bits per heavy atom. The van der Waals surface area contributed by atoms with Crippen LogP contribution < -0.4 is 0 Å². The molecule has 0 amide bonds. The molecule has 1 aromatic rings. The van der Waals surface area contributed by atoms with Crippen molar-refractivity contribution in [3.8, 4) is 0 Å². The maximum Gasteiger partial charge on any atom is 0.123 e. The highest BCUT2D eigenvalue weighted by Crippen LogP contribution is 2.58. The van der Waals surface area contributed by atoms with Gasteiger partial charge in [0, 0.05) is 0 Å². The standard InChI is InChI=1S/C16H21F/c1-15(2)7-4-8-16(3)13-10-12(17)6-5-11(13)9-14(15)16/h5-6,10,14H,4,7-9H2,1-3H3/t14-,16-/m0/s1. The number of benzene rings is 1. The van der Waals surface area contributed by atoms with E-state index in [2.05, 4.69) is 20.8 Å². The van der Waals surface area contributed by atoms with E-state index >= 15 is 0 Å². The van der Waals surface area contributed by atoms with Crippen LogP contribution in [0.3, 0.4) is 0 Å². The fourth-order valence-corrected chi connectivity index (χ4v) is 4.42. The first-order valence-corrected chi connectivity index (χ1v) is 6.72. The topological polar surface area (TPSA) is 0 Å². The smallest absolute Gasteiger partial charge is 0.123 e. The van der Waals surface area contributed by atoms with Crippen LogP contribution in [0.1, 0.15) is 51.2 Å². The zero-order valence-electron chi connectivity index (χ0n) is 11.0. The lowest BCUT2D eigenvalue weighted by Gasteiger charge is -2.47. The Labute approximate surface area is 103 Å². The molecule has 0 bridgehead atoms. The van der Waals surface area contributed by atoms with Crippen molar-refractivity contribution < 1.29 is 4.39 Å². The van der Waals surface area contributed by atoms with Crippen LogP contribution in [-0.2, 0) is 11.8 Å². The second kappa shape index (κ2) is 3.34. The van der Waals surface area contributed by atoms with Gasteiger partial charge in [0.05, 0.1) is 0 Å². The van der Waals surface area contributed by atoms with Gasteiger partial charge in [-0.2, -0.15) is 0 Å². The van der Waals surface area contributed by atoms with E-state index < -0.39 is 0 Å². The fourth-order valence-electron chi connectivity index (χ4n) is 4.42. The largest absolute Gasteiger partial charge is 0.207 e. The maximum atomic E-state index is 13.5. The van der Waals surface area contributed by atoms with Gasteiger partial charge in [0.2, 0.25) is 0 Å². The highest BCUT2D eigenvalue weighted by Gasteiger charge is 2.51. The van der Waals surface area contributed by atoms with Crippen molar-refractivity contribution in [2.24, 2.45) is 11.3 Å². The van der Waals surface area contributed by atoms with E-state index in [0.29, 0.717) is 11.3 Å². The molecule has 1 aromatic carbocycles. The minimum atomic E-state index is -0.0750. The molecule has 0 aliphatic heterocycles. The number of rotatable bonds is 0. The van der Waals surface area contributed by atoms with Gasteiger partial charge in [-0.3, -0.25) is 0 Å². The van der Waals surface area contributed by atoms with E-state index in [1.807, 2.05) is 6.07 Å². The van der Waals surface area contributed by atoms with Gasteiger partial charge in [-0.15, -0.1) is 0 Å². The first kappa shape index (κ1) is 11.3. The molecule has 0 nitrogen and oxygen atoms in total. The van der Waals surface area contributed by atoms with Crippen LogP contribution >= 0.6 is 0 Å². The molecule has 1 fully saturated rings. The van der Waals surface area contributed by atoms with E-state index in [1.165, 1.54) is 30.4 Å². The summed E-state index contributed by atoms with van der Waals surface area (Å²) in [6.07, 6.45) is 4.94. The van der Waals surface area contributed by atoms with Crippen molar-refractivity contribution in [3.63, 3.8) is 0 Å². The summed E-state index contributed by atoms with van der Waals surface area (Å²) in [5.41, 5.74) is 3.27. The predicted molar refractivity (Wildman–Crippen MR) is 68.6 cm³/mol. The fraction of sp³-hybridized carbons (Fsp3) is 0.625. The zero-order valence-corrected chi connectivity index (χ0v) is 11.0. The summed E-state index contributed by atoms with van der Waals surface area (Å²) in [7, 11) is 0. The van der Waals surface area contributed by atoms with E-state index in [1.54, 1.807) is 12.1 Å². The van der Waals surface area contributed by atoms with Gasteiger partial charge in [-0.1, -0.05) is 33.3 Å². The molecule has 2 aliphatic rings. The lowest BCUT2D eigenvalue weighted by molar-refractivity contribution is 0.0701. The molecule has 0 unspecified atom stereocenters. The molecule has 0 saturated heterocycles. The first-order valence-electron chi connectivity index (χ1n) is 6.72. The number of hydrogen-bond donors (Lipinski definition) is 0. The van der Waals surface area contributed by atoms with Crippen LogP contribution in [0.15, 0.2) is 18.2 Å². The first-order chi connectivity index (χ1) is 7.93. The molecule has 2 aliphatic carbocycles. The van der Waals surface area contributed by atoms with Crippen molar-refractivity contribution in [1.29, 1.82) is 0 Å². The molecule has 1 heteroatoms. The van der Waals surface area contributed by atoms with Crippen LogP contribution in [-0.4, -0.2) is 0 Å². The third-order valence-electron chi connectivity index (χ3n) is 5.34. The monoisotopic (exact) mass is 232 g/mol. The van der Waals surface area contributed by atoms with Gasteiger partial charge in [-0.25, -0.2) is 4.39 Å². The van der Waals surface area contributed by atoms with Crippen LogP contribution in [0.25, 0.3) is 0 Å². The van der Waals surface area contributed by atoms with Gasteiger partial charge in [0.25, 0.3) is 0 Å². The summed E-state index contributed by atoms with van der Waals surface area (Å²) >= 11 is 0. The Morgan fingerprint density at radius 1 is 1.18 bits per heavy atom. The lowest BCUT2D eigenvalue weighted by Crippen LogP contribution is -2.42. The summed E-state index contributed by atoms with van der Waals surface area (Å²) in [6.45, 7) is 7.12. The molecular formula is C16H21F. The van der Waals surface area contributed by atoms with Crippen LogP contribution in [0.4, 0.5) is 4.39 Å². The third kappa shape index (κ3) is 1.47. The molecule has 0 heterocycles. The van der Waals surface area contributed by atoms with Crippen molar-refractivity contribution in [1.82, 2.24) is 0 Å². The number of fused-ring (bicyclic) bond motifs is 3. The molecular weight excluding hydrogens is 211 g/mol. The summed E-state index contributed by atoms with van der Waals surface area (Å²) in [4.78, 5) is 0. The highest BCUT2D eigenvalue weighted by molar-refractivity contribution is 5.42. The highest BCUT2D eigenvalue weighted by atomic mass is 19.1. The normalized spacial score (nSPS) is 34.2. The predicted octanol–water partition coefficient (Wildman–Crippen LogP) is 4.47. The van der Waals surface area contributed by atoms with Crippen LogP contribution in [0.5, 0.6) is 0 Å². The SMILES string of the molecule is CC1(C)CCC[C@@]2(C)c3cc(F)ccc3C[C@@H]12. The Kier molecular flexibility index (Phi) is 2.21.